The van der Waals surface area contributed by atoms with Crippen molar-refractivity contribution in [3.05, 3.63) is 60.3 Å². The minimum absolute atomic E-state index is 0.601. The molecule has 0 bridgehead atoms. The van der Waals surface area contributed by atoms with Crippen LogP contribution in [0.15, 0.2) is 49.1 Å². The third kappa shape index (κ3) is 2.56. The fourth-order valence-electron chi connectivity index (χ4n) is 1.53. The molecule has 0 saturated heterocycles. The van der Waals surface area contributed by atoms with E-state index in [1.165, 1.54) is 6.08 Å². The molecular formula is C14H13FN2. The molecule has 2 nitrogen and oxygen atoms in total. The second kappa shape index (κ2) is 4.87. The van der Waals surface area contributed by atoms with Crippen molar-refractivity contribution in [3.63, 3.8) is 0 Å². The number of aryl methyl sites for hydroxylation is 1. The third-order valence-corrected chi connectivity index (χ3v) is 2.53. The molecule has 0 aliphatic heterocycles. The monoisotopic (exact) mass is 228 g/mol. The molecule has 0 spiro atoms. The van der Waals surface area contributed by atoms with E-state index in [4.69, 9.17) is 0 Å². The zero-order valence-corrected chi connectivity index (χ0v) is 9.60. The average Bonchev–Trinajstić information content (AvgIpc) is 2.39. The maximum absolute atomic E-state index is 13.3. The third-order valence-electron chi connectivity index (χ3n) is 2.53. The Morgan fingerprint density at radius 3 is 2.35 bits per heavy atom. The van der Waals surface area contributed by atoms with E-state index in [1.54, 1.807) is 12.1 Å². The van der Waals surface area contributed by atoms with Crippen molar-refractivity contribution in [1.29, 1.82) is 0 Å². The molecule has 17 heavy (non-hydrogen) atoms. The summed E-state index contributed by atoms with van der Waals surface area (Å²) in [4.78, 5) is 0. The second-order valence-electron chi connectivity index (χ2n) is 3.82. The zero-order chi connectivity index (χ0) is 12.3. The highest BCUT2D eigenvalue weighted by molar-refractivity contribution is 5.58. The molecule has 1 atom stereocenters. The lowest BCUT2D eigenvalue weighted by Gasteiger charge is -2.04. The molecule has 0 radical (unpaired) electrons. The van der Waals surface area contributed by atoms with Crippen LogP contribution in [0.3, 0.4) is 0 Å². The van der Waals surface area contributed by atoms with E-state index in [0.29, 0.717) is 5.56 Å². The summed E-state index contributed by atoms with van der Waals surface area (Å²) in [7, 11) is 0. The summed E-state index contributed by atoms with van der Waals surface area (Å²) >= 11 is 0. The predicted molar refractivity (Wildman–Crippen MR) is 66.3 cm³/mol. The van der Waals surface area contributed by atoms with Crippen LogP contribution >= 0.6 is 0 Å². The molecule has 3 heteroatoms. The van der Waals surface area contributed by atoms with Gasteiger partial charge in [-0.1, -0.05) is 36.9 Å². The van der Waals surface area contributed by atoms with Gasteiger partial charge >= 0.3 is 0 Å². The highest BCUT2D eigenvalue weighted by Gasteiger charge is 2.05. The molecule has 1 heterocycles. The summed E-state index contributed by atoms with van der Waals surface area (Å²) in [6.07, 6.45) is 0.161. The Hall–Kier alpha value is -2.03. The van der Waals surface area contributed by atoms with Crippen molar-refractivity contribution in [2.24, 2.45) is 0 Å². The summed E-state index contributed by atoms with van der Waals surface area (Å²) < 4.78 is 13.3. The fraction of sp³-hybridized carbons (Fsp3) is 0.143. The van der Waals surface area contributed by atoms with Crippen molar-refractivity contribution in [3.8, 4) is 11.3 Å². The van der Waals surface area contributed by atoms with Gasteiger partial charge in [0.1, 0.15) is 6.17 Å². The second-order valence-corrected chi connectivity index (χ2v) is 3.82. The summed E-state index contributed by atoms with van der Waals surface area (Å²) in [6.45, 7) is 5.32. The molecule has 0 saturated carbocycles. The van der Waals surface area contributed by atoms with Crippen LogP contribution in [-0.4, -0.2) is 10.2 Å². The molecule has 86 valence electrons. The van der Waals surface area contributed by atoms with Crippen LogP contribution in [-0.2, 0) is 0 Å². The Labute approximate surface area is 99.8 Å². The van der Waals surface area contributed by atoms with Gasteiger partial charge < -0.3 is 0 Å². The van der Waals surface area contributed by atoms with Gasteiger partial charge in [-0.05, 0) is 24.6 Å². The van der Waals surface area contributed by atoms with E-state index in [9.17, 15) is 4.39 Å². The summed E-state index contributed by atoms with van der Waals surface area (Å²) in [5, 5.41) is 8.07. The van der Waals surface area contributed by atoms with Crippen LogP contribution in [0.2, 0.25) is 0 Å². The molecular weight excluding hydrogens is 215 g/mol. The van der Waals surface area contributed by atoms with Crippen molar-refractivity contribution in [1.82, 2.24) is 10.2 Å². The molecule has 1 aromatic carbocycles. The number of aromatic nitrogens is 2. The molecule has 0 aliphatic carbocycles. The average molecular weight is 228 g/mol. The van der Waals surface area contributed by atoms with Gasteiger partial charge in [0.25, 0.3) is 0 Å². The first kappa shape index (κ1) is 11.5. The largest absolute Gasteiger partial charge is 0.238 e. The molecule has 2 rings (SSSR count). The van der Waals surface area contributed by atoms with Gasteiger partial charge in [0.2, 0.25) is 0 Å². The quantitative estimate of drug-likeness (QED) is 0.749. The van der Waals surface area contributed by atoms with Crippen molar-refractivity contribution in [2.45, 2.75) is 13.1 Å². The number of hydrogen-bond acceptors (Lipinski definition) is 2. The number of nitrogens with zero attached hydrogens (tertiary/aromatic N) is 2. The van der Waals surface area contributed by atoms with Crippen LogP contribution in [0.1, 0.15) is 17.4 Å². The van der Waals surface area contributed by atoms with E-state index >= 15 is 0 Å². The van der Waals surface area contributed by atoms with Crippen LogP contribution in [0.5, 0.6) is 0 Å². The maximum atomic E-state index is 13.3. The topological polar surface area (TPSA) is 25.8 Å². The molecule has 0 amide bonds. The smallest absolute Gasteiger partial charge is 0.143 e. The standard InChI is InChI=1S/C14H13FN2/c1-3-13(15)11-5-7-12(8-6-11)14-9-4-10(2)16-17-14/h3-9,13H,1H2,2H3. The van der Waals surface area contributed by atoms with Crippen LogP contribution < -0.4 is 0 Å². The zero-order valence-electron chi connectivity index (χ0n) is 9.60. The van der Waals surface area contributed by atoms with E-state index in [2.05, 4.69) is 16.8 Å². The molecule has 1 aromatic heterocycles. The Morgan fingerprint density at radius 1 is 1.12 bits per heavy atom. The van der Waals surface area contributed by atoms with E-state index in [-0.39, 0.29) is 0 Å². The number of rotatable bonds is 3. The van der Waals surface area contributed by atoms with Gasteiger partial charge in [-0.2, -0.15) is 10.2 Å². The minimum atomic E-state index is -1.12. The SMILES string of the molecule is C=CC(F)c1ccc(-c2ccc(C)nn2)cc1. The summed E-state index contributed by atoms with van der Waals surface area (Å²) in [5.41, 5.74) is 3.19. The van der Waals surface area contributed by atoms with Gasteiger partial charge in [0.15, 0.2) is 0 Å². The first-order valence-corrected chi connectivity index (χ1v) is 5.38. The van der Waals surface area contributed by atoms with Crippen LogP contribution in [0.25, 0.3) is 11.3 Å². The number of alkyl halides is 1. The number of allylic oxidation sites excluding steroid dienone is 1. The van der Waals surface area contributed by atoms with E-state index in [0.717, 1.165) is 17.0 Å². The molecule has 0 aliphatic rings. The van der Waals surface area contributed by atoms with E-state index in [1.807, 2.05) is 31.2 Å². The minimum Gasteiger partial charge on any atom is -0.238 e. The molecule has 2 aromatic rings. The van der Waals surface area contributed by atoms with Gasteiger partial charge in [0.05, 0.1) is 11.4 Å². The molecule has 0 fully saturated rings. The predicted octanol–water partition coefficient (Wildman–Crippen LogP) is 3.65. The summed E-state index contributed by atoms with van der Waals surface area (Å²) in [6, 6.07) is 11.0. The maximum Gasteiger partial charge on any atom is 0.143 e. The lowest BCUT2D eigenvalue weighted by Crippen LogP contribution is -1.91. The first-order valence-electron chi connectivity index (χ1n) is 5.38. The Balaban J connectivity index is 2.29. The highest BCUT2D eigenvalue weighted by atomic mass is 19.1. The normalized spacial score (nSPS) is 12.1. The van der Waals surface area contributed by atoms with Gasteiger partial charge in [-0.15, -0.1) is 0 Å². The molecule has 1 unspecified atom stereocenters. The lowest BCUT2D eigenvalue weighted by atomic mass is 10.1. The van der Waals surface area contributed by atoms with Crippen molar-refractivity contribution in [2.75, 3.05) is 0 Å². The fourth-order valence-corrected chi connectivity index (χ4v) is 1.53. The number of hydrogen-bond donors (Lipinski definition) is 0. The Bertz CT molecular complexity index is 503. The first-order chi connectivity index (χ1) is 8.20. The van der Waals surface area contributed by atoms with Gasteiger partial charge in [0, 0.05) is 5.56 Å². The highest BCUT2D eigenvalue weighted by Crippen LogP contribution is 2.22. The molecule has 0 N–H and O–H groups in total. The Morgan fingerprint density at radius 2 is 1.82 bits per heavy atom. The number of halogens is 1. The lowest BCUT2D eigenvalue weighted by molar-refractivity contribution is 0.415. The van der Waals surface area contributed by atoms with Gasteiger partial charge in [-0.25, -0.2) is 4.39 Å². The van der Waals surface area contributed by atoms with Crippen molar-refractivity contribution >= 4 is 0 Å². The van der Waals surface area contributed by atoms with Crippen LogP contribution in [0, 0.1) is 6.92 Å². The van der Waals surface area contributed by atoms with Gasteiger partial charge in [-0.3, -0.25) is 0 Å². The Kier molecular flexibility index (Phi) is 3.28. The van der Waals surface area contributed by atoms with E-state index < -0.39 is 6.17 Å². The number of benzene rings is 1. The van der Waals surface area contributed by atoms with Crippen LogP contribution in [0.4, 0.5) is 4.39 Å². The summed E-state index contributed by atoms with van der Waals surface area (Å²) in [5.74, 6) is 0. The van der Waals surface area contributed by atoms with Crippen molar-refractivity contribution < 1.29 is 4.39 Å².